The standard InChI is InChI=1S/C16H14Br2ClNO/c17-10-12(9-11-5-2-1-3-6-11)20-16(21)13-7-4-8-14(18)15(13)19/h1-8,12H,9-10H2,(H,20,21). The summed E-state index contributed by atoms with van der Waals surface area (Å²) in [7, 11) is 0. The summed E-state index contributed by atoms with van der Waals surface area (Å²) >= 11 is 12.9. The molecule has 1 unspecified atom stereocenters. The van der Waals surface area contributed by atoms with Gasteiger partial charge in [-0.15, -0.1) is 0 Å². The molecular weight excluding hydrogens is 417 g/mol. The molecule has 110 valence electrons. The van der Waals surface area contributed by atoms with Gasteiger partial charge in [-0.2, -0.15) is 0 Å². The lowest BCUT2D eigenvalue weighted by Gasteiger charge is -2.17. The highest BCUT2D eigenvalue weighted by Gasteiger charge is 2.16. The highest BCUT2D eigenvalue weighted by atomic mass is 79.9. The zero-order valence-corrected chi connectivity index (χ0v) is 15.1. The molecule has 0 aliphatic heterocycles. The van der Waals surface area contributed by atoms with E-state index in [-0.39, 0.29) is 11.9 Å². The molecule has 2 rings (SSSR count). The van der Waals surface area contributed by atoms with Gasteiger partial charge in [0.05, 0.1) is 10.6 Å². The Labute approximate surface area is 146 Å². The molecule has 1 atom stereocenters. The number of benzene rings is 2. The molecule has 1 N–H and O–H groups in total. The predicted octanol–water partition coefficient (Wildman–Crippen LogP) is 4.84. The summed E-state index contributed by atoms with van der Waals surface area (Å²) in [5.41, 5.74) is 1.66. The van der Waals surface area contributed by atoms with E-state index in [0.29, 0.717) is 15.9 Å². The predicted molar refractivity (Wildman–Crippen MR) is 94.3 cm³/mol. The first-order chi connectivity index (χ1) is 10.1. The molecule has 0 aromatic heterocycles. The Balaban J connectivity index is 2.08. The average Bonchev–Trinajstić information content (AvgIpc) is 2.50. The van der Waals surface area contributed by atoms with Crippen LogP contribution in [0.4, 0.5) is 0 Å². The van der Waals surface area contributed by atoms with Crippen molar-refractivity contribution in [3.8, 4) is 0 Å². The molecule has 0 heterocycles. The van der Waals surface area contributed by atoms with E-state index in [1.54, 1.807) is 12.1 Å². The van der Waals surface area contributed by atoms with Crippen molar-refractivity contribution in [1.82, 2.24) is 5.32 Å². The van der Waals surface area contributed by atoms with E-state index in [2.05, 4.69) is 37.2 Å². The Bertz CT molecular complexity index is 619. The van der Waals surface area contributed by atoms with Gasteiger partial charge < -0.3 is 5.32 Å². The van der Waals surface area contributed by atoms with Crippen molar-refractivity contribution in [2.75, 3.05) is 5.33 Å². The lowest BCUT2D eigenvalue weighted by atomic mass is 10.1. The molecule has 5 heteroatoms. The molecule has 21 heavy (non-hydrogen) atoms. The Morgan fingerprint density at radius 2 is 1.86 bits per heavy atom. The van der Waals surface area contributed by atoms with Crippen molar-refractivity contribution >= 4 is 49.4 Å². The van der Waals surface area contributed by atoms with Gasteiger partial charge in [-0.25, -0.2) is 0 Å². The van der Waals surface area contributed by atoms with E-state index in [1.165, 1.54) is 5.56 Å². The van der Waals surface area contributed by atoms with Crippen LogP contribution in [-0.4, -0.2) is 17.3 Å². The van der Waals surface area contributed by atoms with E-state index in [9.17, 15) is 4.79 Å². The number of alkyl halides is 1. The fourth-order valence-electron chi connectivity index (χ4n) is 1.99. The molecule has 0 spiro atoms. The molecule has 0 radical (unpaired) electrons. The topological polar surface area (TPSA) is 29.1 Å². The third-order valence-electron chi connectivity index (χ3n) is 3.04. The number of halogens is 3. The van der Waals surface area contributed by atoms with E-state index in [4.69, 9.17) is 11.6 Å². The monoisotopic (exact) mass is 429 g/mol. The van der Waals surface area contributed by atoms with Gasteiger partial charge in [0, 0.05) is 15.8 Å². The van der Waals surface area contributed by atoms with Gasteiger partial charge in [0.1, 0.15) is 0 Å². The van der Waals surface area contributed by atoms with Crippen LogP contribution in [0.3, 0.4) is 0 Å². The van der Waals surface area contributed by atoms with Gasteiger partial charge in [0.2, 0.25) is 0 Å². The Morgan fingerprint density at radius 1 is 1.14 bits per heavy atom. The van der Waals surface area contributed by atoms with Gasteiger partial charge in [-0.1, -0.05) is 63.9 Å². The van der Waals surface area contributed by atoms with Crippen molar-refractivity contribution in [3.63, 3.8) is 0 Å². The molecule has 0 saturated carbocycles. The molecule has 0 bridgehead atoms. The first-order valence-electron chi connectivity index (χ1n) is 6.46. The van der Waals surface area contributed by atoms with Gasteiger partial charge in [-0.05, 0) is 40.0 Å². The highest BCUT2D eigenvalue weighted by molar-refractivity contribution is 9.10. The molecule has 2 aromatic carbocycles. The molecular formula is C16H14Br2ClNO. The molecule has 2 nitrogen and oxygen atoms in total. The summed E-state index contributed by atoms with van der Waals surface area (Å²) in [6.45, 7) is 0. The smallest absolute Gasteiger partial charge is 0.253 e. The highest BCUT2D eigenvalue weighted by Crippen LogP contribution is 2.26. The number of carbonyl (C=O) groups is 1. The maximum atomic E-state index is 12.3. The first kappa shape index (κ1) is 16.5. The maximum Gasteiger partial charge on any atom is 0.253 e. The van der Waals surface area contributed by atoms with Crippen molar-refractivity contribution in [2.24, 2.45) is 0 Å². The van der Waals surface area contributed by atoms with E-state index in [1.807, 2.05) is 36.4 Å². The quantitative estimate of drug-likeness (QED) is 0.675. The molecule has 1 amide bonds. The molecule has 2 aromatic rings. The van der Waals surface area contributed by atoms with Crippen molar-refractivity contribution in [3.05, 3.63) is 69.2 Å². The Kier molecular flexibility index (Phi) is 6.27. The third-order valence-corrected chi connectivity index (χ3v) is 5.12. The summed E-state index contributed by atoms with van der Waals surface area (Å²) in [6.07, 6.45) is 0.767. The van der Waals surface area contributed by atoms with Crippen molar-refractivity contribution in [1.29, 1.82) is 0 Å². The average molecular weight is 432 g/mol. The van der Waals surface area contributed by atoms with Crippen LogP contribution in [0.5, 0.6) is 0 Å². The summed E-state index contributed by atoms with van der Waals surface area (Å²) in [4.78, 5) is 12.3. The summed E-state index contributed by atoms with van der Waals surface area (Å²) < 4.78 is 0.718. The fourth-order valence-corrected chi connectivity index (χ4v) is 2.95. The van der Waals surface area contributed by atoms with Crippen LogP contribution in [0.1, 0.15) is 15.9 Å². The number of hydrogen-bond donors (Lipinski definition) is 1. The summed E-state index contributed by atoms with van der Waals surface area (Å²) in [6, 6.07) is 15.4. The van der Waals surface area contributed by atoms with Crippen LogP contribution >= 0.6 is 43.5 Å². The normalized spacial score (nSPS) is 12.0. The zero-order chi connectivity index (χ0) is 15.2. The van der Waals surface area contributed by atoms with Crippen molar-refractivity contribution in [2.45, 2.75) is 12.5 Å². The van der Waals surface area contributed by atoms with Crippen molar-refractivity contribution < 1.29 is 4.79 Å². The number of hydrogen-bond acceptors (Lipinski definition) is 1. The second-order valence-electron chi connectivity index (χ2n) is 4.62. The van der Waals surface area contributed by atoms with Gasteiger partial charge >= 0.3 is 0 Å². The number of rotatable bonds is 5. The molecule has 0 saturated heterocycles. The maximum absolute atomic E-state index is 12.3. The second-order valence-corrected chi connectivity index (χ2v) is 6.50. The lowest BCUT2D eigenvalue weighted by molar-refractivity contribution is 0.0941. The van der Waals surface area contributed by atoms with E-state index in [0.717, 1.165) is 10.9 Å². The van der Waals surface area contributed by atoms with E-state index >= 15 is 0 Å². The summed E-state index contributed by atoms with van der Waals surface area (Å²) in [5.74, 6) is -0.165. The van der Waals surface area contributed by atoms with Crippen LogP contribution < -0.4 is 5.32 Å². The van der Waals surface area contributed by atoms with Crippen LogP contribution in [0.25, 0.3) is 0 Å². The van der Waals surface area contributed by atoms with Crippen LogP contribution in [0.15, 0.2) is 53.0 Å². The van der Waals surface area contributed by atoms with Gasteiger partial charge in [0.15, 0.2) is 0 Å². The SMILES string of the molecule is O=C(NC(CBr)Cc1ccccc1)c1cccc(Br)c1Cl. The minimum Gasteiger partial charge on any atom is -0.348 e. The van der Waals surface area contributed by atoms with Gasteiger partial charge in [0.25, 0.3) is 5.91 Å². The second kappa shape index (κ2) is 7.97. The van der Waals surface area contributed by atoms with E-state index < -0.39 is 0 Å². The number of amides is 1. The molecule has 0 fully saturated rings. The molecule has 0 aliphatic rings. The minimum absolute atomic E-state index is 0.00921. The zero-order valence-electron chi connectivity index (χ0n) is 11.2. The minimum atomic E-state index is -0.165. The van der Waals surface area contributed by atoms with Crippen LogP contribution in [-0.2, 0) is 6.42 Å². The van der Waals surface area contributed by atoms with Crippen LogP contribution in [0.2, 0.25) is 5.02 Å². The third kappa shape index (κ3) is 4.56. The lowest BCUT2D eigenvalue weighted by Crippen LogP contribution is -2.37. The number of carbonyl (C=O) groups excluding carboxylic acids is 1. The Hall–Kier alpha value is -0.840. The van der Waals surface area contributed by atoms with Gasteiger partial charge in [-0.3, -0.25) is 4.79 Å². The van der Waals surface area contributed by atoms with Crippen LogP contribution in [0, 0.1) is 0 Å². The molecule has 0 aliphatic carbocycles. The largest absolute Gasteiger partial charge is 0.348 e. The number of nitrogens with one attached hydrogen (secondary N) is 1. The fraction of sp³-hybridized carbons (Fsp3) is 0.188. The first-order valence-corrected chi connectivity index (χ1v) is 8.76. The summed E-state index contributed by atoms with van der Waals surface area (Å²) in [5, 5.41) is 4.12. The Morgan fingerprint density at radius 3 is 2.52 bits per heavy atom.